The predicted molar refractivity (Wildman–Crippen MR) is 77.6 cm³/mol. The Morgan fingerprint density at radius 2 is 1.84 bits per heavy atom. The minimum absolute atomic E-state index is 0.135. The Bertz CT molecular complexity index is 398. The first-order chi connectivity index (χ1) is 9.06. The summed E-state index contributed by atoms with van der Waals surface area (Å²) in [5.74, 6) is 3.20. The van der Waals surface area contributed by atoms with Crippen molar-refractivity contribution in [3.05, 3.63) is 12.4 Å². The fraction of sp³-hybridized carbons (Fsp3) is 0.733. The van der Waals surface area contributed by atoms with Crippen LogP contribution in [0.2, 0.25) is 0 Å². The topological polar surface area (TPSA) is 38.2 Å². The average molecular weight is 263 g/mol. The van der Waals surface area contributed by atoms with E-state index in [2.05, 4.69) is 28.7 Å². The normalized spacial score (nSPS) is 17.3. The number of nitrogens with zero attached hydrogens (tertiary/aromatic N) is 3. The first kappa shape index (κ1) is 14.1. The lowest BCUT2D eigenvalue weighted by atomic mass is 9.87. The molecule has 0 radical (unpaired) electrons. The van der Waals surface area contributed by atoms with E-state index in [1.54, 1.807) is 6.20 Å². The molecular weight excluding hydrogens is 238 g/mol. The van der Waals surface area contributed by atoms with Crippen LogP contribution in [0, 0.1) is 11.8 Å². The van der Waals surface area contributed by atoms with E-state index < -0.39 is 0 Å². The molecule has 4 nitrogen and oxygen atoms in total. The van der Waals surface area contributed by atoms with E-state index in [0.29, 0.717) is 5.88 Å². The fourth-order valence-electron chi connectivity index (χ4n) is 2.58. The van der Waals surface area contributed by atoms with Crippen LogP contribution < -0.4 is 9.64 Å². The molecule has 0 aliphatic carbocycles. The van der Waals surface area contributed by atoms with Crippen LogP contribution in [0.15, 0.2) is 12.4 Å². The van der Waals surface area contributed by atoms with Gasteiger partial charge in [-0.25, -0.2) is 0 Å². The van der Waals surface area contributed by atoms with Gasteiger partial charge in [-0.15, -0.1) is 0 Å². The fourth-order valence-corrected chi connectivity index (χ4v) is 2.58. The minimum atomic E-state index is 0.135. The van der Waals surface area contributed by atoms with Gasteiger partial charge in [-0.2, -0.15) is 4.98 Å². The number of anilines is 1. The Labute approximate surface area is 116 Å². The van der Waals surface area contributed by atoms with Crippen molar-refractivity contribution in [1.29, 1.82) is 0 Å². The maximum Gasteiger partial charge on any atom is 0.234 e. The molecule has 1 saturated heterocycles. The first-order valence-electron chi connectivity index (χ1n) is 7.30. The van der Waals surface area contributed by atoms with Crippen LogP contribution >= 0.6 is 0 Å². The van der Waals surface area contributed by atoms with E-state index in [-0.39, 0.29) is 6.10 Å². The van der Waals surface area contributed by atoms with Crippen LogP contribution in [0.4, 0.5) is 5.82 Å². The summed E-state index contributed by atoms with van der Waals surface area (Å²) in [4.78, 5) is 11.1. The molecule has 19 heavy (non-hydrogen) atoms. The summed E-state index contributed by atoms with van der Waals surface area (Å²) in [6.07, 6.45) is 6.15. The van der Waals surface area contributed by atoms with Gasteiger partial charge in [0.2, 0.25) is 5.88 Å². The molecule has 0 amide bonds. The third-order valence-corrected chi connectivity index (χ3v) is 3.76. The zero-order valence-corrected chi connectivity index (χ0v) is 12.5. The number of aromatic nitrogens is 2. The average Bonchev–Trinajstić information content (AvgIpc) is 2.38. The van der Waals surface area contributed by atoms with Crippen molar-refractivity contribution in [2.45, 2.75) is 46.6 Å². The lowest BCUT2D eigenvalue weighted by molar-refractivity contribution is 0.231. The molecule has 0 N–H and O–H groups in total. The molecule has 0 bridgehead atoms. The van der Waals surface area contributed by atoms with E-state index in [1.807, 2.05) is 20.0 Å². The molecule has 1 aromatic rings. The molecule has 4 heteroatoms. The van der Waals surface area contributed by atoms with E-state index in [9.17, 15) is 0 Å². The highest BCUT2D eigenvalue weighted by molar-refractivity contribution is 5.38. The summed E-state index contributed by atoms with van der Waals surface area (Å²) in [5, 5.41) is 0. The number of hydrogen-bond donors (Lipinski definition) is 0. The number of hydrogen-bond acceptors (Lipinski definition) is 4. The van der Waals surface area contributed by atoms with E-state index >= 15 is 0 Å². The Balaban J connectivity index is 1.99. The summed E-state index contributed by atoms with van der Waals surface area (Å²) in [5.41, 5.74) is 0. The van der Waals surface area contributed by atoms with Gasteiger partial charge < -0.3 is 9.64 Å². The lowest BCUT2D eigenvalue weighted by Crippen LogP contribution is -2.35. The van der Waals surface area contributed by atoms with Crippen LogP contribution in [-0.2, 0) is 0 Å². The molecule has 0 spiro atoms. The second-order valence-corrected chi connectivity index (χ2v) is 5.95. The van der Waals surface area contributed by atoms with E-state index in [0.717, 1.165) is 30.7 Å². The smallest absolute Gasteiger partial charge is 0.234 e. The second-order valence-electron chi connectivity index (χ2n) is 5.95. The zero-order chi connectivity index (χ0) is 13.8. The first-order valence-corrected chi connectivity index (χ1v) is 7.30. The van der Waals surface area contributed by atoms with Gasteiger partial charge >= 0.3 is 0 Å². The maximum absolute atomic E-state index is 5.60. The van der Waals surface area contributed by atoms with Crippen molar-refractivity contribution < 1.29 is 4.74 Å². The van der Waals surface area contributed by atoms with Gasteiger partial charge in [0, 0.05) is 13.1 Å². The largest absolute Gasteiger partial charge is 0.474 e. The van der Waals surface area contributed by atoms with Gasteiger partial charge in [-0.3, -0.25) is 4.98 Å². The van der Waals surface area contributed by atoms with Crippen LogP contribution in [0.5, 0.6) is 5.88 Å². The Kier molecular flexibility index (Phi) is 4.61. The van der Waals surface area contributed by atoms with Crippen molar-refractivity contribution in [1.82, 2.24) is 9.97 Å². The highest BCUT2D eigenvalue weighted by Gasteiger charge is 2.22. The van der Waals surface area contributed by atoms with Gasteiger partial charge in [-0.1, -0.05) is 13.8 Å². The van der Waals surface area contributed by atoms with Crippen molar-refractivity contribution in [2.75, 3.05) is 18.0 Å². The number of piperidine rings is 1. The Hall–Kier alpha value is -1.32. The monoisotopic (exact) mass is 263 g/mol. The standard InChI is InChI=1S/C15H25N3O/c1-11(2)13-5-7-18(8-6-13)14-9-16-10-15(17-14)19-12(3)4/h9-13H,5-8H2,1-4H3. The molecule has 0 unspecified atom stereocenters. The summed E-state index contributed by atoms with van der Waals surface area (Å²) in [6.45, 7) is 10.8. The van der Waals surface area contributed by atoms with Gasteiger partial charge in [0.25, 0.3) is 0 Å². The summed E-state index contributed by atoms with van der Waals surface area (Å²) in [7, 11) is 0. The summed E-state index contributed by atoms with van der Waals surface area (Å²) >= 11 is 0. The summed E-state index contributed by atoms with van der Waals surface area (Å²) < 4.78 is 5.60. The van der Waals surface area contributed by atoms with Crippen molar-refractivity contribution >= 4 is 5.82 Å². The third kappa shape index (κ3) is 3.82. The van der Waals surface area contributed by atoms with E-state index in [4.69, 9.17) is 4.74 Å². The van der Waals surface area contributed by atoms with Gasteiger partial charge in [-0.05, 0) is 38.5 Å². The van der Waals surface area contributed by atoms with Gasteiger partial charge in [0.1, 0.15) is 0 Å². The van der Waals surface area contributed by atoms with Crippen LogP contribution in [0.25, 0.3) is 0 Å². The molecule has 1 aliphatic rings. The van der Waals surface area contributed by atoms with Crippen molar-refractivity contribution in [3.8, 4) is 5.88 Å². The molecule has 106 valence electrons. The van der Waals surface area contributed by atoms with Gasteiger partial charge in [0.05, 0.1) is 18.5 Å². The molecule has 0 aromatic carbocycles. The van der Waals surface area contributed by atoms with Crippen LogP contribution in [0.1, 0.15) is 40.5 Å². The summed E-state index contributed by atoms with van der Waals surface area (Å²) in [6, 6.07) is 0. The Morgan fingerprint density at radius 3 is 2.42 bits per heavy atom. The molecule has 0 saturated carbocycles. The molecule has 2 rings (SSSR count). The molecule has 1 aliphatic heterocycles. The van der Waals surface area contributed by atoms with E-state index in [1.165, 1.54) is 12.8 Å². The number of ether oxygens (including phenoxy) is 1. The lowest BCUT2D eigenvalue weighted by Gasteiger charge is -2.34. The Morgan fingerprint density at radius 1 is 1.16 bits per heavy atom. The van der Waals surface area contributed by atoms with Gasteiger partial charge in [0.15, 0.2) is 5.82 Å². The number of rotatable bonds is 4. The molecule has 1 aromatic heterocycles. The molecule has 2 heterocycles. The minimum Gasteiger partial charge on any atom is -0.474 e. The van der Waals surface area contributed by atoms with Crippen LogP contribution in [-0.4, -0.2) is 29.2 Å². The van der Waals surface area contributed by atoms with Crippen LogP contribution in [0.3, 0.4) is 0 Å². The molecule has 0 atom stereocenters. The second kappa shape index (κ2) is 6.22. The highest BCUT2D eigenvalue weighted by atomic mass is 16.5. The maximum atomic E-state index is 5.60. The van der Waals surface area contributed by atoms with Crippen molar-refractivity contribution in [2.24, 2.45) is 11.8 Å². The molecule has 1 fully saturated rings. The molecular formula is C15H25N3O. The van der Waals surface area contributed by atoms with Crippen molar-refractivity contribution in [3.63, 3.8) is 0 Å². The quantitative estimate of drug-likeness (QED) is 0.836. The SMILES string of the molecule is CC(C)Oc1cncc(N2CCC(C(C)C)CC2)n1. The predicted octanol–water partition coefficient (Wildman–Crippen LogP) is 3.14. The highest BCUT2D eigenvalue weighted by Crippen LogP contribution is 2.27. The third-order valence-electron chi connectivity index (χ3n) is 3.76. The zero-order valence-electron chi connectivity index (χ0n) is 12.5.